The average Bonchev–Trinajstić information content (AvgIpc) is 2.90. The molecule has 0 aliphatic carbocycles. The van der Waals surface area contributed by atoms with Gasteiger partial charge in [0.1, 0.15) is 5.65 Å². The van der Waals surface area contributed by atoms with E-state index in [-0.39, 0.29) is 0 Å². The van der Waals surface area contributed by atoms with Crippen molar-refractivity contribution in [1.29, 1.82) is 0 Å². The molecule has 0 fully saturated rings. The van der Waals surface area contributed by atoms with E-state index in [1.54, 1.807) is 0 Å². The Labute approximate surface area is 126 Å². The first-order valence-corrected chi connectivity index (χ1v) is 7.49. The van der Waals surface area contributed by atoms with Crippen LogP contribution in [-0.4, -0.2) is 19.2 Å². The lowest BCUT2D eigenvalue weighted by atomic mass is 10.1. The summed E-state index contributed by atoms with van der Waals surface area (Å²) in [6.45, 7) is 9.20. The van der Waals surface area contributed by atoms with E-state index in [0.717, 1.165) is 33.6 Å². The molecule has 0 saturated carbocycles. The summed E-state index contributed by atoms with van der Waals surface area (Å²) in [6.07, 6.45) is 4.12. The van der Waals surface area contributed by atoms with Gasteiger partial charge in [-0.25, -0.2) is 4.98 Å². The summed E-state index contributed by atoms with van der Waals surface area (Å²) in [7, 11) is 0. The van der Waals surface area contributed by atoms with Crippen molar-refractivity contribution >= 4 is 21.6 Å². The second kappa shape index (κ2) is 4.74. The average molecular weight is 333 g/mol. The first kappa shape index (κ1) is 13.4. The highest BCUT2D eigenvalue weighted by molar-refractivity contribution is 9.10. The zero-order valence-corrected chi connectivity index (χ0v) is 13.7. The normalized spacial score (nSPS) is 11.4. The summed E-state index contributed by atoms with van der Waals surface area (Å²) in [5.74, 6) is 0. The van der Waals surface area contributed by atoms with E-state index in [1.807, 2.05) is 11.6 Å². The molecule has 3 aromatic rings. The Balaban J connectivity index is 2.22. The Kier molecular flexibility index (Phi) is 3.17. The van der Waals surface area contributed by atoms with Crippen LogP contribution in [0.25, 0.3) is 16.9 Å². The monoisotopic (exact) mass is 332 g/mol. The number of pyridine rings is 1. The van der Waals surface area contributed by atoms with Gasteiger partial charge in [-0.15, -0.1) is 0 Å². The third-order valence-electron chi connectivity index (χ3n) is 3.67. The van der Waals surface area contributed by atoms with Gasteiger partial charge in [0.2, 0.25) is 0 Å². The fraction of sp³-hybridized carbons (Fsp3) is 0.333. The highest BCUT2D eigenvalue weighted by Crippen LogP contribution is 2.27. The van der Waals surface area contributed by atoms with Crippen molar-refractivity contribution in [2.24, 2.45) is 0 Å². The molecule has 0 amide bonds. The molecule has 3 rings (SSSR count). The predicted molar refractivity (Wildman–Crippen MR) is 84.0 cm³/mol. The van der Waals surface area contributed by atoms with Gasteiger partial charge in [-0.1, -0.05) is 0 Å². The Morgan fingerprint density at radius 3 is 2.60 bits per heavy atom. The van der Waals surface area contributed by atoms with Crippen LogP contribution in [0.4, 0.5) is 0 Å². The minimum Gasteiger partial charge on any atom is -0.305 e. The molecule has 5 heteroatoms. The van der Waals surface area contributed by atoms with Crippen LogP contribution in [0.1, 0.15) is 23.9 Å². The first-order chi connectivity index (χ1) is 9.51. The lowest BCUT2D eigenvalue weighted by Gasteiger charge is -1.99. The van der Waals surface area contributed by atoms with Gasteiger partial charge >= 0.3 is 0 Å². The van der Waals surface area contributed by atoms with Crippen LogP contribution in [-0.2, 0) is 6.54 Å². The molecule has 104 valence electrons. The smallest absolute Gasteiger partial charge is 0.137 e. The van der Waals surface area contributed by atoms with Crippen molar-refractivity contribution in [3.8, 4) is 11.3 Å². The van der Waals surface area contributed by atoms with Crippen LogP contribution in [0.15, 0.2) is 22.9 Å². The number of nitrogens with zero attached hydrogens (tertiary/aromatic N) is 4. The maximum atomic E-state index is 4.74. The third kappa shape index (κ3) is 1.97. The van der Waals surface area contributed by atoms with Gasteiger partial charge in [-0.3, -0.25) is 4.68 Å². The second-order valence-electron chi connectivity index (χ2n) is 5.06. The Morgan fingerprint density at radius 2 is 1.95 bits per heavy atom. The lowest BCUT2D eigenvalue weighted by molar-refractivity contribution is 0.634. The topological polar surface area (TPSA) is 35.1 Å². The number of fused-ring (bicyclic) bond motifs is 1. The van der Waals surface area contributed by atoms with Gasteiger partial charge in [0.05, 0.1) is 11.4 Å². The molecule has 0 atom stereocenters. The molecule has 0 aliphatic heterocycles. The molecule has 0 unspecified atom stereocenters. The minimum atomic E-state index is 0.880. The molecule has 4 nitrogen and oxygen atoms in total. The Hall–Kier alpha value is -1.62. The van der Waals surface area contributed by atoms with Crippen LogP contribution in [0.5, 0.6) is 0 Å². The molecule has 0 aromatic carbocycles. The molecule has 20 heavy (non-hydrogen) atoms. The van der Waals surface area contributed by atoms with Crippen LogP contribution in [0.2, 0.25) is 0 Å². The van der Waals surface area contributed by atoms with Crippen LogP contribution >= 0.6 is 15.9 Å². The zero-order valence-electron chi connectivity index (χ0n) is 12.1. The third-order valence-corrected chi connectivity index (χ3v) is 4.50. The number of imidazole rings is 1. The summed E-state index contributed by atoms with van der Waals surface area (Å²) >= 11 is 3.56. The van der Waals surface area contributed by atoms with Crippen molar-refractivity contribution in [2.75, 3.05) is 0 Å². The van der Waals surface area contributed by atoms with Crippen molar-refractivity contribution in [2.45, 2.75) is 34.2 Å². The lowest BCUT2D eigenvalue weighted by Crippen LogP contribution is -1.98. The summed E-state index contributed by atoms with van der Waals surface area (Å²) in [6, 6.07) is 2.09. The molecule has 0 spiro atoms. The summed E-state index contributed by atoms with van der Waals surface area (Å²) < 4.78 is 5.16. The Bertz CT molecular complexity index is 759. The van der Waals surface area contributed by atoms with Gasteiger partial charge in [0, 0.05) is 34.7 Å². The van der Waals surface area contributed by atoms with E-state index in [0.29, 0.717) is 0 Å². The molecule has 0 aliphatic rings. The number of aryl methyl sites for hydroxylation is 3. The first-order valence-electron chi connectivity index (χ1n) is 6.70. The number of halogens is 1. The van der Waals surface area contributed by atoms with Gasteiger partial charge in [0.15, 0.2) is 0 Å². The standard InChI is InChI=1S/C15H17BrN4/c1-5-20-11(4)15(10(3)18-20)13-8-19-7-12(16)9(2)6-14(19)17-13/h6-8H,5H2,1-4H3. The number of hydrogen-bond donors (Lipinski definition) is 0. The highest BCUT2D eigenvalue weighted by atomic mass is 79.9. The fourth-order valence-electron chi connectivity index (χ4n) is 2.60. The molecule has 3 heterocycles. The summed E-state index contributed by atoms with van der Waals surface area (Å²) in [5, 5.41) is 4.57. The molecule has 0 radical (unpaired) electrons. The molecular formula is C15H17BrN4. The molecular weight excluding hydrogens is 316 g/mol. The van der Waals surface area contributed by atoms with E-state index in [4.69, 9.17) is 4.98 Å². The zero-order chi connectivity index (χ0) is 14.4. The van der Waals surface area contributed by atoms with E-state index >= 15 is 0 Å². The number of rotatable bonds is 2. The van der Waals surface area contributed by atoms with Crippen LogP contribution in [0.3, 0.4) is 0 Å². The van der Waals surface area contributed by atoms with Gasteiger partial charge in [-0.2, -0.15) is 5.10 Å². The number of aromatic nitrogens is 4. The Morgan fingerprint density at radius 1 is 1.20 bits per heavy atom. The van der Waals surface area contributed by atoms with Crippen molar-refractivity contribution in [3.63, 3.8) is 0 Å². The quantitative estimate of drug-likeness (QED) is 0.713. The van der Waals surface area contributed by atoms with E-state index in [2.05, 4.69) is 64.7 Å². The van der Waals surface area contributed by atoms with Gasteiger partial charge in [0.25, 0.3) is 0 Å². The molecule has 0 bridgehead atoms. The minimum absolute atomic E-state index is 0.880. The fourth-order valence-corrected chi connectivity index (χ4v) is 2.94. The maximum Gasteiger partial charge on any atom is 0.137 e. The van der Waals surface area contributed by atoms with E-state index < -0.39 is 0 Å². The van der Waals surface area contributed by atoms with Crippen molar-refractivity contribution in [3.05, 3.63) is 39.9 Å². The van der Waals surface area contributed by atoms with Crippen LogP contribution < -0.4 is 0 Å². The van der Waals surface area contributed by atoms with Crippen molar-refractivity contribution < 1.29 is 0 Å². The van der Waals surface area contributed by atoms with Crippen LogP contribution in [0, 0.1) is 20.8 Å². The summed E-state index contributed by atoms with van der Waals surface area (Å²) in [5.41, 5.74) is 6.48. The SMILES string of the molecule is CCn1nc(C)c(-c2cn3cc(Br)c(C)cc3n2)c1C. The number of hydrogen-bond acceptors (Lipinski definition) is 2. The molecule has 0 saturated heterocycles. The molecule has 0 N–H and O–H groups in total. The van der Waals surface area contributed by atoms with E-state index in [1.165, 1.54) is 11.3 Å². The largest absolute Gasteiger partial charge is 0.305 e. The summed E-state index contributed by atoms with van der Waals surface area (Å²) in [4.78, 5) is 4.74. The van der Waals surface area contributed by atoms with Gasteiger partial charge in [-0.05, 0) is 55.3 Å². The van der Waals surface area contributed by atoms with Gasteiger partial charge < -0.3 is 4.40 Å². The molecule has 3 aromatic heterocycles. The second-order valence-corrected chi connectivity index (χ2v) is 5.91. The van der Waals surface area contributed by atoms with E-state index in [9.17, 15) is 0 Å². The predicted octanol–water partition coefficient (Wildman–Crippen LogP) is 3.91. The van der Waals surface area contributed by atoms with Crippen molar-refractivity contribution in [1.82, 2.24) is 19.2 Å². The maximum absolute atomic E-state index is 4.74. The highest BCUT2D eigenvalue weighted by Gasteiger charge is 2.15.